The molecule has 18 heavy (non-hydrogen) atoms. The molecule has 1 aromatic carbocycles. The van der Waals surface area contributed by atoms with Gasteiger partial charge in [-0.05, 0) is 12.1 Å². The lowest BCUT2D eigenvalue weighted by Crippen LogP contribution is -2.27. The number of hydrogen-bond acceptors (Lipinski definition) is 4. The highest BCUT2D eigenvalue weighted by Gasteiger charge is 2.37. The van der Waals surface area contributed by atoms with E-state index in [4.69, 9.17) is 18.6 Å². The predicted molar refractivity (Wildman–Crippen MR) is 64.9 cm³/mol. The van der Waals surface area contributed by atoms with Crippen LogP contribution in [-0.4, -0.2) is 36.0 Å². The van der Waals surface area contributed by atoms with Gasteiger partial charge in [0, 0.05) is 7.77 Å². The third kappa shape index (κ3) is 2.89. The Labute approximate surface area is 108 Å². The van der Waals surface area contributed by atoms with E-state index in [1.807, 2.05) is 5.92 Å². The molecule has 0 amide bonds. The van der Waals surface area contributed by atoms with Gasteiger partial charge in [-0.2, -0.15) is 0 Å². The molecule has 1 N–H and O–H groups in total. The molecule has 1 aromatic rings. The van der Waals surface area contributed by atoms with Crippen LogP contribution in [0.15, 0.2) is 30.3 Å². The number of esters is 1. The van der Waals surface area contributed by atoms with Crippen LogP contribution in [0.3, 0.4) is 0 Å². The Balaban J connectivity index is 1.96. The monoisotopic (exact) mass is 248 g/mol. The topological polar surface area (TPSA) is 55.8 Å². The average Bonchev–Trinajstić information content (AvgIpc) is 2.70. The Morgan fingerprint density at radius 3 is 3.00 bits per heavy atom. The Bertz CT molecular complexity index is 528. The molecule has 0 saturated carbocycles. The minimum atomic E-state index is -1.98. The molecule has 2 rings (SSSR count). The zero-order chi connectivity index (χ0) is 14.8. The first-order valence-corrected chi connectivity index (χ1v) is 5.41. The van der Waals surface area contributed by atoms with Gasteiger partial charge < -0.3 is 14.6 Å². The second-order valence-electron chi connectivity index (χ2n) is 3.89. The number of aliphatic hydroxyl groups is 1. The Kier molecular flexibility index (Phi) is 2.93. The summed E-state index contributed by atoms with van der Waals surface area (Å²) in [6, 6.07) is 8.37. The molecule has 4 atom stereocenters. The van der Waals surface area contributed by atoms with E-state index in [9.17, 15) is 9.90 Å². The van der Waals surface area contributed by atoms with Gasteiger partial charge in [-0.3, -0.25) is 0 Å². The summed E-state index contributed by atoms with van der Waals surface area (Å²) in [4.78, 5) is 11.7. The molecule has 0 unspecified atom stereocenters. The van der Waals surface area contributed by atoms with Crippen LogP contribution in [0, 0.1) is 12.3 Å². The van der Waals surface area contributed by atoms with Gasteiger partial charge in [0.25, 0.3) is 0 Å². The van der Waals surface area contributed by atoms with Crippen LogP contribution < -0.4 is 0 Å². The van der Waals surface area contributed by atoms with E-state index in [1.165, 1.54) is 0 Å². The number of carbonyl (C=O) groups excluding carboxylic acids is 1. The van der Waals surface area contributed by atoms with E-state index < -0.39 is 30.7 Å². The molecule has 4 nitrogen and oxygen atoms in total. The minimum Gasteiger partial charge on any atom is -0.459 e. The smallest absolute Gasteiger partial charge is 0.338 e. The molecule has 1 aliphatic rings. The van der Waals surface area contributed by atoms with E-state index in [2.05, 4.69) is 0 Å². The molecule has 94 valence electrons. The summed E-state index contributed by atoms with van der Waals surface area (Å²) in [5.41, 5.74) is -1.61. The second kappa shape index (κ2) is 5.21. The van der Waals surface area contributed by atoms with Gasteiger partial charge in [-0.1, -0.05) is 24.1 Å². The third-order valence-corrected chi connectivity index (χ3v) is 2.48. The number of rotatable bonds is 3. The maximum atomic E-state index is 11.7. The highest BCUT2D eigenvalue weighted by Crippen LogP contribution is 2.23. The van der Waals surface area contributed by atoms with Crippen molar-refractivity contribution in [2.45, 2.75) is 18.1 Å². The van der Waals surface area contributed by atoms with Crippen molar-refractivity contribution in [3.05, 3.63) is 35.9 Å². The van der Waals surface area contributed by atoms with Gasteiger partial charge in [0.05, 0.1) is 19.6 Å². The van der Waals surface area contributed by atoms with Gasteiger partial charge in [-0.25, -0.2) is 4.79 Å². The molecule has 0 radical (unpaired) electrons. The van der Waals surface area contributed by atoms with Crippen molar-refractivity contribution in [3.8, 4) is 12.3 Å². The fourth-order valence-corrected chi connectivity index (χ4v) is 1.54. The van der Waals surface area contributed by atoms with E-state index in [1.54, 1.807) is 30.3 Å². The largest absolute Gasteiger partial charge is 0.459 e. The summed E-state index contributed by atoms with van der Waals surface area (Å²) >= 11 is 0. The van der Waals surface area contributed by atoms with E-state index in [0.717, 1.165) is 0 Å². The van der Waals surface area contributed by atoms with E-state index in [0.29, 0.717) is 5.56 Å². The number of ether oxygens (including phenoxy) is 2. The van der Waals surface area contributed by atoms with E-state index >= 15 is 0 Å². The van der Waals surface area contributed by atoms with Crippen molar-refractivity contribution in [2.75, 3.05) is 13.2 Å². The van der Waals surface area contributed by atoms with Crippen LogP contribution in [0.25, 0.3) is 0 Å². The maximum Gasteiger partial charge on any atom is 0.338 e. The van der Waals surface area contributed by atoms with Gasteiger partial charge in [0.1, 0.15) is 6.61 Å². The Morgan fingerprint density at radius 1 is 1.67 bits per heavy atom. The van der Waals surface area contributed by atoms with Crippen LogP contribution in [0.4, 0.5) is 0 Å². The van der Waals surface area contributed by atoms with Crippen LogP contribution in [0.5, 0.6) is 0 Å². The first kappa shape index (κ1) is 10.1. The molecule has 1 heterocycles. The number of carbonyl (C=O) groups is 1. The molecule has 4 heteroatoms. The zero-order valence-electron chi connectivity index (χ0n) is 11.6. The Hall–Kier alpha value is -1.83. The van der Waals surface area contributed by atoms with Crippen LogP contribution in [-0.2, 0) is 9.47 Å². The van der Waals surface area contributed by atoms with Crippen molar-refractivity contribution in [3.63, 3.8) is 0 Å². The summed E-state index contributed by atoms with van der Waals surface area (Å²) in [6.07, 6.45) is 2.97. The maximum absolute atomic E-state index is 11.7. The first-order valence-electron chi connectivity index (χ1n) is 6.56. The normalized spacial score (nSPS) is 36.3. The van der Waals surface area contributed by atoms with Gasteiger partial charge in [0.15, 0.2) is 5.60 Å². The predicted octanol–water partition coefficient (Wildman–Crippen LogP) is 0.997. The lowest BCUT2D eigenvalue weighted by Gasteiger charge is -2.12. The van der Waals surface area contributed by atoms with Crippen molar-refractivity contribution in [2.24, 2.45) is 0 Å². The fourth-order valence-electron chi connectivity index (χ4n) is 1.54. The SMILES string of the molecule is [2H][C@@H]1O[C@@H](COC(=O)c2ccccc2)[C@H]([2H])[C@@]1(O)C#C. The summed E-state index contributed by atoms with van der Waals surface area (Å²) < 4.78 is 25.4. The van der Waals surface area contributed by atoms with Crippen LogP contribution in [0.2, 0.25) is 0 Å². The third-order valence-electron chi connectivity index (χ3n) is 2.48. The van der Waals surface area contributed by atoms with Crippen LogP contribution in [0.1, 0.15) is 19.5 Å². The number of terminal acetylenes is 1. The highest BCUT2D eigenvalue weighted by atomic mass is 16.6. The molecule has 0 bridgehead atoms. The number of benzene rings is 1. The molecule has 1 aliphatic heterocycles. The molecule has 1 fully saturated rings. The van der Waals surface area contributed by atoms with Gasteiger partial charge in [0.2, 0.25) is 0 Å². The lowest BCUT2D eigenvalue weighted by molar-refractivity contribution is 0.0127. The molecular weight excluding hydrogens is 232 g/mol. The van der Waals surface area contributed by atoms with E-state index in [-0.39, 0.29) is 6.61 Å². The first-order chi connectivity index (χ1) is 9.49. The summed E-state index contributed by atoms with van der Waals surface area (Å²) in [5.74, 6) is 1.45. The molecule has 0 aliphatic carbocycles. The second-order valence-corrected chi connectivity index (χ2v) is 3.89. The average molecular weight is 248 g/mol. The zero-order valence-corrected chi connectivity index (χ0v) is 9.58. The molecule has 0 aromatic heterocycles. The molecule has 1 saturated heterocycles. The summed E-state index contributed by atoms with van der Waals surface area (Å²) in [6.45, 7) is -1.66. The van der Waals surface area contributed by atoms with Crippen molar-refractivity contribution in [1.29, 1.82) is 0 Å². The quantitative estimate of drug-likeness (QED) is 0.640. The summed E-state index contributed by atoms with van der Waals surface area (Å²) in [5, 5.41) is 9.91. The van der Waals surface area contributed by atoms with Crippen LogP contribution >= 0.6 is 0 Å². The fraction of sp³-hybridized carbons (Fsp3) is 0.357. The van der Waals surface area contributed by atoms with Crippen molar-refractivity contribution < 1.29 is 22.1 Å². The Morgan fingerprint density at radius 2 is 2.39 bits per heavy atom. The summed E-state index contributed by atoms with van der Waals surface area (Å²) in [7, 11) is 0. The number of hydrogen-bond donors (Lipinski definition) is 1. The lowest BCUT2D eigenvalue weighted by atomic mass is 10.0. The minimum absolute atomic E-state index is 0.235. The van der Waals surface area contributed by atoms with Crippen molar-refractivity contribution >= 4 is 5.97 Å². The standard InChI is InChI=1S/C14H14O4/c1-2-14(16)8-12(18-10-14)9-17-13(15)11-6-4-3-5-7-11/h1,3-7,12,16H,8-10H2/t12-,14+/m1/s1/i8D,10D/t8-,10-,12+,14-/m0. The van der Waals surface area contributed by atoms with Gasteiger partial charge in [-0.15, -0.1) is 6.42 Å². The van der Waals surface area contributed by atoms with Crippen molar-refractivity contribution in [1.82, 2.24) is 0 Å². The van der Waals surface area contributed by atoms with Gasteiger partial charge >= 0.3 is 5.97 Å². The molecular formula is C14H14O4. The highest BCUT2D eigenvalue weighted by molar-refractivity contribution is 5.89. The molecule has 0 spiro atoms.